The molecule has 2 amide bonds. The van der Waals surface area contributed by atoms with Crippen LogP contribution in [0.1, 0.15) is 19.3 Å². The molecule has 0 radical (unpaired) electrons. The summed E-state index contributed by atoms with van der Waals surface area (Å²) in [5.74, 6) is -1.85. The third kappa shape index (κ3) is 4.83. The number of hydrogen-bond donors (Lipinski definition) is 2. The first-order valence-electron chi connectivity index (χ1n) is 6.42. The molecule has 1 saturated heterocycles. The predicted octanol–water partition coefficient (Wildman–Crippen LogP) is 0.212. The summed E-state index contributed by atoms with van der Waals surface area (Å²) in [6, 6.07) is 0. The Kier molecular flexibility index (Phi) is 5.01. The maximum Gasteiger partial charge on any atom is 0.522 e. The fourth-order valence-electron chi connectivity index (χ4n) is 1.99. The summed E-state index contributed by atoms with van der Waals surface area (Å²) >= 11 is 0. The van der Waals surface area contributed by atoms with Crippen molar-refractivity contribution in [3.63, 3.8) is 0 Å². The molecule has 7 nitrogen and oxygen atoms in total. The number of halogens is 3. The lowest BCUT2D eigenvalue weighted by Gasteiger charge is -2.34. The monoisotopic (exact) mass is 312 g/mol. The smallest absolute Gasteiger partial charge is 0.344 e. The number of hydrazine groups is 1. The number of nitrogens with one attached hydrogen (secondary N) is 2. The molecule has 120 valence electrons. The van der Waals surface area contributed by atoms with Gasteiger partial charge in [-0.05, 0) is 19.3 Å². The van der Waals surface area contributed by atoms with Crippen LogP contribution >= 0.6 is 0 Å². The molecule has 1 heterocycles. The average Bonchev–Trinajstić information content (AvgIpc) is 2.39. The van der Waals surface area contributed by atoms with Crippen LogP contribution in [0.4, 0.5) is 13.2 Å². The van der Waals surface area contributed by atoms with Crippen LogP contribution < -0.4 is 10.9 Å². The summed E-state index contributed by atoms with van der Waals surface area (Å²) in [6.07, 6.45) is -6.20. The summed E-state index contributed by atoms with van der Waals surface area (Å²) in [4.78, 5) is 23.1. The van der Waals surface area contributed by atoms with Crippen molar-refractivity contribution in [3.8, 4) is 0 Å². The number of carbonyl (C=O) groups excluding carboxylic acids is 2. The Labute approximate surface area is 118 Å². The molecule has 21 heavy (non-hydrogen) atoms. The second-order valence-electron chi connectivity index (χ2n) is 4.76. The molecule has 0 unspecified atom stereocenters. The van der Waals surface area contributed by atoms with E-state index >= 15 is 0 Å². The van der Waals surface area contributed by atoms with E-state index in [2.05, 4.69) is 15.6 Å². The first-order valence-corrected chi connectivity index (χ1v) is 6.42. The molecular formula is C11H15F3N2O5. The summed E-state index contributed by atoms with van der Waals surface area (Å²) in [5, 5.41) is 0. The Morgan fingerprint density at radius 2 is 1.62 bits per heavy atom. The molecule has 2 rings (SSSR count). The Bertz CT molecular complexity index is 392. The lowest BCUT2D eigenvalue weighted by molar-refractivity contribution is -0.353. The molecule has 2 fully saturated rings. The van der Waals surface area contributed by atoms with Gasteiger partial charge < -0.3 is 9.47 Å². The van der Waals surface area contributed by atoms with Crippen LogP contribution in [-0.2, 0) is 23.8 Å². The minimum absolute atomic E-state index is 0.0440. The van der Waals surface area contributed by atoms with E-state index in [9.17, 15) is 22.8 Å². The van der Waals surface area contributed by atoms with Crippen LogP contribution in [-0.4, -0.2) is 43.8 Å². The molecule has 1 aliphatic heterocycles. The number of hydrogen-bond acceptors (Lipinski definition) is 5. The lowest BCUT2D eigenvalue weighted by atomic mass is 9.82. The summed E-state index contributed by atoms with van der Waals surface area (Å²) in [6.45, 7) is 0.760. The van der Waals surface area contributed by atoms with Crippen molar-refractivity contribution < 1.29 is 37.0 Å². The third-order valence-electron chi connectivity index (χ3n) is 3.12. The van der Waals surface area contributed by atoms with Gasteiger partial charge in [0.15, 0.2) is 0 Å². The van der Waals surface area contributed by atoms with E-state index in [0.717, 1.165) is 0 Å². The van der Waals surface area contributed by atoms with Crippen molar-refractivity contribution in [1.82, 2.24) is 10.9 Å². The summed E-state index contributed by atoms with van der Waals surface area (Å²) in [7, 11) is 0. The van der Waals surface area contributed by atoms with Crippen molar-refractivity contribution in [2.24, 2.45) is 5.92 Å². The minimum atomic E-state index is -4.70. The van der Waals surface area contributed by atoms with Gasteiger partial charge in [0.2, 0.25) is 12.2 Å². The molecule has 0 spiro atoms. The Hall–Kier alpha value is -1.39. The van der Waals surface area contributed by atoms with Gasteiger partial charge in [0.1, 0.15) is 0 Å². The number of alkyl halides is 3. The van der Waals surface area contributed by atoms with Crippen LogP contribution in [0, 0.1) is 5.92 Å². The Morgan fingerprint density at radius 3 is 2.19 bits per heavy atom. The molecule has 0 aromatic carbocycles. The zero-order valence-electron chi connectivity index (χ0n) is 10.9. The topological polar surface area (TPSA) is 85.9 Å². The van der Waals surface area contributed by atoms with Gasteiger partial charge in [-0.25, -0.2) is 0 Å². The molecule has 0 bridgehead atoms. The van der Waals surface area contributed by atoms with Crippen molar-refractivity contribution in [1.29, 1.82) is 0 Å². The normalized spacial score (nSPS) is 26.8. The van der Waals surface area contributed by atoms with Crippen LogP contribution in [0.2, 0.25) is 0 Å². The van der Waals surface area contributed by atoms with E-state index in [0.29, 0.717) is 19.6 Å². The van der Waals surface area contributed by atoms with Crippen LogP contribution in [0.3, 0.4) is 0 Å². The van der Waals surface area contributed by atoms with Gasteiger partial charge in [-0.3, -0.25) is 25.2 Å². The van der Waals surface area contributed by atoms with E-state index in [1.807, 2.05) is 0 Å². The van der Waals surface area contributed by atoms with Gasteiger partial charge in [0.05, 0.1) is 19.3 Å². The fraction of sp³-hybridized carbons (Fsp3) is 0.818. The predicted molar refractivity (Wildman–Crippen MR) is 60.2 cm³/mol. The first kappa shape index (κ1) is 16.0. The van der Waals surface area contributed by atoms with Gasteiger partial charge in [-0.15, -0.1) is 13.2 Å². The van der Waals surface area contributed by atoms with Crippen molar-refractivity contribution in [2.45, 2.75) is 38.0 Å². The van der Waals surface area contributed by atoms with Crippen molar-refractivity contribution in [2.75, 3.05) is 13.2 Å². The number of ether oxygens (including phenoxy) is 3. The SMILES string of the molecule is O=C(NNC(=O)C1OCCCO1)C1CC(OC(F)(F)F)C1. The Balaban J connectivity index is 1.63. The second kappa shape index (κ2) is 6.58. The van der Waals surface area contributed by atoms with Crippen molar-refractivity contribution in [3.05, 3.63) is 0 Å². The zero-order chi connectivity index (χ0) is 15.5. The van der Waals surface area contributed by atoms with Crippen molar-refractivity contribution >= 4 is 11.8 Å². The van der Waals surface area contributed by atoms with Gasteiger partial charge in [0.25, 0.3) is 5.91 Å². The Morgan fingerprint density at radius 1 is 1.05 bits per heavy atom. The van der Waals surface area contributed by atoms with E-state index in [4.69, 9.17) is 9.47 Å². The van der Waals surface area contributed by atoms with Crippen LogP contribution in [0.15, 0.2) is 0 Å². The van der Waals surface area contributed by atoms with Crippen LogP contribution in [0.25, 0.3) is 0 Å². The molecular weight excluding hydrogens is 297 g/mol. The lowest BCUT2D eigenvalue weighted by Crippen LogP contribution is -2.53. The molecule has 2 N–H and O–H groups in total. The van der Waals surface area contributed by atoms with E-state index < -0.39 is 36.5 Å². The largest absolute Gasteiger partial charge is 0.522 e. The second-order valence-corrected chi connectivity index (χ2v) is 4.76. The minimum Gasteiger partial charge on any atom is -0.344 e. The molecule has 1 saturated carbocycles. The van der Waals surface area contributed by atoms with Gasteiger partial charge in [-0.1, -0.05) is 0 Å². The quantitative estimate of drug-likeness (QED) is 0.728. The molecule has 0 atom stereocenters. The highest BCUT2D eigenvalue weighted by atomic mass is 19.4. The zero-order valence-corrected chi connectivity index (χ0v) is 10.9. The maximum absolute atomic E-state index is 11.9. The number of amides is 2. The maximum atomic E-state index is 11.9. The summed E-state index contributed by atoms with van der Waals surface area (Å²) < 4.78 is 49.5. The molecule has 2 aliphatic rings. The summed E-state index contributed by atoms with van der Waals surface area (Å²) in [5.41, 5.74) is 4.24. The van der Waals surface area contributed by atoms with E-state index in [1.165, 1.54) is 0 Å². The molecule has 1 aliphatic carbocycles. The molecule has 10 heteroatoms. The average molecular weight is 312 g/mol. The van der Waals surface area contributed by atoms with E-state index in [1.54, 1.807) is 0 Å². The number of rotatable bonds is 3. The van der Waals surface area contributed by atoms with E-state index in [-0.39, 0.29) is 12.8 Å². The molecule has 0 aromatic rings. The fourth-order valence-corrected chi connectivity index (χ4v) is 1.99. The van der Waals surface area contributed by atoms with Gasteiger partial charge in [0, 0.05) is 5.92 Å². The standard InChI is InChI=1S/C11H15F3N2O5/c12-11(13,14)21-7-4-6(5-7)8(17)15-16-9(18)10-19-2-1-3-20-10/h6-7,10H,1-5H2,(H,15,17)(H,16,18). The highest BCUT2D eigenvalue weighted by Crippen LogP contribution is 2.34. The highest BCUT2D eigenvalue weighted by molar-refractivity contribution is 5.85. The van der Waals surface area contributed by atoms with Crippen LogP contribution in [0.5, 0.6) is 0 Å². The highest BCUT2D eigenvalue weighted by Gasteiger charge is 2.42. The third-order valence-corrected chi connectivity index (χ3v) is 3.12. The number of carbonyl (C=O) groups is 2. The molecule has 0 aromatic heterocycles. The first-order chi connectivity index (χ1) is 9.85. The van der Waals surface area contributed by atoms with Gasteiger partial charge in [-0.2, -0.15) is 0 Å². The van der Waals surface area contributed by atoms with Gasteiger partial charge >= 0.3 is 6.36 Å².